The number of aromatic carboxylic acids is 1. The number of ether oxygens (including phenoxy) is 2. The summed E-state index contributed by atoms with van der Waals surface area (Å²) in [7, 11) is 0. The normalized spacial score (nSPS) is 15.5. The fourth-order valence-corrected chi connectivity index (χ4v) is 3.22. The molecule has 1 unspecified atom stereocenters. The molecule has 5 nitrogen and oxygen atoms in total. The van der Waals surface area contributed by atoms with Crippen molar-refractivity contribution in [2.75, 3.05) is 19.8 Å². The Morgan fingerprint density at radius 2 is 1.73 bits per heavy atom. The minimum absolute atomic E-state index is 0. The highest BCUT2D eigenvalue weighted by Gasteiger charge is 2.24. The van der Waals surface area contributed by atoms with Gasteiger partial charge in [0.15, 0.2) is 11.5 Å². The minimum Gasteiger partial charge on any atom is -1.00 e. The zero-order chi connectivity index (χ0) is 17.8. The lowest BCUT2D eigenvalue weighted by atomic mass is 9.89. The van der Waals surface area contributed by atoms with Crippen molar-refractivity contribution in [1.82, 2.24) is 5.32 Å². The molecule has 0 radical (unpaired) electrons. The third-order valence-electron chi connectivity index (χ3n) is 4.35. The number of carboxylic acids is 1. The highest BCUT2D eigenvalue weighted by Crippen LogP contribution is 2.37. The van der Waals surface area contributed by atoms with E-state index in [1.54, 1.807) is 12.1 Å². The van der Waals surface area contributed by atoms with Crippen molar-refractivity contribution in [2.24, 2.45) is 0 Å². The molecule has 1 aliphatic heterocycles. The second-order valence-electron chi connectivity index (χ2n) is 5.93. The maximum absolute atomic E-state index is 11.1. The third kappa shape index (κ3) is 4.11. The Kier molecular flexibility index (Phi) is 6.89. The summed E-state index contributed by atoms with van der Waals surface area (Å²) < 4.78 is 11.5. The van der Waals surface area contributed by atoms with Crippen LogP contribution in [0.15, 0.2) is 36.4 Å². The number of rotatable bonds is 6. The number of hydrogen-bond acceptors (Lipinski definition) is 4. The standard InChI is InChI=1S/C20H23NO4.ClH/c1-3-24-17-11-15-9-10-21-19(16(15)12-18(17)25-4-2)13-5-7-14(8-6-13)20(22)23;/h5-8,11-12,19,21H,3-4,9-10H2,1-2H3,(H,22,23);1H/p-1. The molecule has 140 valence electrons. The number of halogens is 1. The summed E-state index contributed by atoms with van der Waals surface area (Å²) in [6.45, 7) is 5.94. The first-order chi connectivity index (χ1) is 12.1. The highest BCUT2D eigenvalue weighted by molar-refractivity contribution is 5.87. The largest absolute Gasteiger partial charge is 1.00 e. The van der Waals surface area contributed by atoms with Gasteiger partial charge in [-0.25, -0.2) is 4.79 Å². The van der Waals surface area contributed by atoms with Gasteiger partial charge in [0.2, 0.25) is 0 Å². The van der Waals surface area contributed by atoms with E-state index >= 15 is 0 Å². The van der Waals surface area contributed by atoms with E-state index in [2.05, 4.69) is 11.4 Å². The van der Waals surface area contributed by atoms with Crippen LogP contribution in [0.4, 0.5) is 0 Å². The summed E-state index contributed by atoms with van der Waals surface area (Å²) in [5.74, 6) is 0.618. The van der Waals surface area contributed by atoms with Gasteiger partial charge in [0, 0.05) is 6.54 Å². The molecule has 3 rings (SSSR count). The molecule has 0 aromatic heterocycles. The van der Waals surface area contributed by atoms with E-state index in [0.29, 0.717) is 18.8 Å². The van der Waals surface area contributed by atoms with Crippen LogP contribution in [0.25, 0.3) is 0 Å². The van der Waals surface area contributed by atoms with Gasteiger partial charge < -0.3 is 32.3 Å². The number of nitrogens with one attached hydrogen (secondary N) is 1. The number of carbonyl (C=O) groups is 1. The van der Waals surface area contributed by atoms with Crippen LogP contribution in [0.1, 0.15) is 46.9 Å². The van der Waals surface area contributed by atoms with Crippen LogP contribution in [-0.2, 0) is 6.42 Å². The highest BCUT2D eigenvalue weighted by atomic mass is 35.5. The Hall–Kier alpha value is -2.24. The van der Waals surface area contributed by atoms with Crippen molar-refractivity contribution < 1.29 is 31.8 Å². The van der Waals surface area contributed by atoms with E-state index in [9.17, 15) is 4.79 Å². The molecular formula is C20H23ClNO4-. The first-order valence-corrected chi connectivity index (χ1v) is 8.63. The lowest BCUT2D eigenvalue weighted by molar-refractivity contribution is -0.0000215. The molecule has 0 saturated carbocycles. The number of hydrogen-bond donors (Lipinski definition) is 2. The summed E-state index contributed by atoms with van der Waals surface area (Å²) in [4.78, 5) is 11.1. The van der Waals surface area contributed by atoms with E-state index in [1.165, 1.54) is 5.56 Å². The molecule has 0 amide bonds. The Balaban J connectivity index is 0.00000243. The fraction of sp³-hybridized carbons (Fsp3) is 0.350. The third-order valence-corrected chi connectivity index (χ3v) is 4.35. The molecule has 0 aliphatic carbocycles. The smallest absolute Gasteiger partial charge is 0.335 e. The molecule has 26 heavy (non-hydrogen) atoms. The first kappa shape index (κ1) is 20.1. The molecule has 1 atom stereocenters. The van der Waals surface area contributed by atoms with Gasteiger partial charge in [-0.15, -0.1) is 0 Å². The van der Waals surface area contributed by atoms with Crippen LogP contribution in [0, 0.1) is 0 Å². The molecule has 0 fully saturated rings. The zero-order valence-corrected chi connectivity index (χ0v) is 15.7. The van der Waals surface area contributed by atoms with Gasteiger partial charge in [0.1, 0.15) is 0 Å². The first-order valence-electron chi connectivity index (χ1n) is 8.63. The number of fused-ring (bicyclic) bond motifs is 1. The van der Waals surface area contributed by atoms with Crippen LogP contribution >= 0.6 is 0 Å². The summed E-state index contributed by atoms with van der Waals surface area (Å²) >= 11 is 0. The van der Waals surface area contributed by atoms with E-state index in [1.807, 2.05) is 32.0 Å². The summed E-state index contributed by atoms with van der Waals surface area (Å²) in [6.07, 6.45) is 0.922. The molecule has 2 N–H and O–H groups in total. The molecule has 1 aliphatic rings. The van der Waals surface area contributed by atoms with Crippen LogP contribution in [0.2, 0.25) is 0 Å². The van der Waals surface area contributed by atoms with Gasteiger partial charge in [-0.2, -0.15) is 0 Å². The van der Waals surface area contributed by atoms with E-state index < -0.39 is 5.97 Å². The van der Waals surface area contributed by atoms with E-state index in [4.69, 9.17) is 14.6 Å². The van der Waals surface area contributed by atoms with Crippen LogP contribution < -0.4 is 27.2 Å². The molecule has 0 bridgehead atoms. The number of benzene rings is 2. The van der Waals surface area contributed by atoms with E-state index in [0.717, 1.165) is 35.6 Å². The second kappa shape index (κ2) is 8.92. The van der Waals surface area contributed by atoms with Crippen LogP contribution in [0.3, 0.4) is 0 Å². The fourth-order valence-electron chi connectivity index (χ4n) is 3.22. The topological polar surface area (TPSA) is 67.8 Å². The molecule has 2 aromatic carbocycles. The predicted molar refractivity (Wildman–Crippen MR) is 95.7 cm³/mol. The van der Waals surface area contributed by atoms with Crippen molar-refractivity contribution in [2.45, 2.75) is 26.3 Å². The summed E-state index contributed by atoms with van der Waals surface area (Å²) in [5, 5.41) is 12.6. The van der Waals surface area contributed by atoms with Gasteiger partial charge >= 0.3 is 5.97 Å². The Morgan fingerprint density at radius 3 is 2.31 bits per heavy atom. The molecular weight excluding hydrogens is 354 g/mol. The lowest BCUT2D eigenvalue weighted by Crippen LogP contribution is -3.00. The minimum atomic E-state index is -0.913. The molecule has 0 saturated heterocycles. The van der Waals surface area contributed by atoms with Crippen molar-refractivity contribution in [3.63, 3.8) is 0 Å². The Bertz CT molecular complexity index is 761. The maximum Gasteiger partial charge on any atom is 0.335 e. The maximum atomic E-state index is 11.1. The summed E-state index contributed by atoms with van der Waals surface area (Å²) in [6, 6.07) is 11.2. The van der Waals surface area contributed by atoms with E-state index in [-0.39, 0.29) is 18.4 Å². The lowest BCUT2D eigenvalue weighted by Gasteiger charge is -2.29. The SMILES string of the molecule is CCOc1cc2c(cc1OCC)C(c1ccc(C(=O)O)cc1)NCC2.[Cl-]. The second-order valence-corrected chi connectivity index (χ2v) is 5.93. The molecule has 2 aromatic rings. The zero-order valence-electron chi connectivity index (χ0n) is 14.9. The average molecular weight is 377 g/mol. The van der Waals surface area contributed by atoms with Gasteiger partial charge in [0.05, 0.1) is 24.8 Å². The van der Waals surface area contributed by atoms with Crippen LogP contribution in [0.5, 0.6) is 11.5 Å². The Morgan fingerprint density at radius 1 is 1.12 bits per heavy atom. The van der Waals surface area contributed by atoms with Gasteiger partial charge in [-0.1, -0.05) is 12.1 Å². The molecule has 6 heteroatoms. The average Bonchev–Trinajstić information content (AvgIpc) is 2.62. The molecule has 1 heterocycles. The molecule has 0 spiro atoms. The van der Waals surface area contributed by atoms with Crippen LogP contribution in [-0.4, -0.2) is 30.8 Å². The van der Waals surface area contributed by atoms with Crippen molar-refractivity contribution >= 4 is 5.97 Å². The van der Waals surface area contributed by atoms with Gasteiger partial charge in [-0.3, -0.25) is 0 Å². The summed E-state index contributed by atoms with van der Waals surface area (Å²) in [5.41, 5.74) is 3.72. The van der Waals surface area contributed by atoms with Crippen molar-refractivity contribution in [1.29, 1.82) is 0 Å². The quantitative estimate of drug-likeness (QED) is 0.765. The monoisotopic (exact) mass is 376 g/mol. The predicted octanol–water partition coefficient (Wildman–Crippen LogP) is 0.421. The number of carboxylic acid groups (broad SMARTS) is 1. The van der Waals surface area contributed by atoms with Crippen molar-refractivity contribution in [3.8, 4) is 11.5 Å². The van der Waals surface area contributed by atoms with Gasteiger partial charge in [-0.05, 0) is 61.2 Å². The van der Waals surface area contributed by atoms with Crippen molar-refractivity contribution in [3.05, 3.63) is 58.7 Å². The van der Waals surface area contributed by atoms with Gasteiger partial charge in [0.25, 0.3) is 0 Å². The Labute approximate surface area is 159 Å².